The maximum Gasteiger partial charge on any atom is 0.0824 e. The summed E-state index contributed by atoms with van der Waals surface area (Å²) in [5.74, 6) is 0. The van der Waals surface area contributed by atoms with Crippen molar-refractivity contribution in [1.82, 2.24) is 5.32 Å². The smallest absolute Gasteiger partial charge is 0.0824 e. The van der Waals surface area contributed by atoms with Crippen LogP contribution in [-0.2, 0) is 4.74 Å². The van der Waals surface area contributed by atoms with Gasteiger partial charge in [0.2, 0.25) is 0 Å². The number of hydrogen-bond acceptors (Lipinski definition) is 3. The summed E-state index contributed by atoms with van der Waals surface area (Å²) < 4.78 is 5.72. The quantitative estimate of drug-likeness (QED) is 0.733. The summed E-state index contributed by atoms with van der Waals surface area (Å²) in [6.07, 6.45) is 6.21. The van der Waals surface area contributed by atoms with Crippen molar-refractivity contribution in [3.63, 3.8) is 0 Å². The Balaban J connectivity index is 2.12. The van der Waals surface area contributed by atoms with Gasteiger partial charge >= 0.3 is 0 Å². The topological polar surface area (TPSA) is 41.5 Å². The Labute approximate surface area is 99.6 Å². The molecule has 1 rings (SSSR count). The monoisotopic (exact) mass is 229 g/mol. The van der Waals surface area contributed by atoms with E-state index in [0.717, 1.165) is 19.4 Å². The Kier molecular flexibility index (Phi) is 5.73. The largest absolute Gasteiger partial charge is 0.388 e. The van der Waals surface area contributed by atoms with Gasteiger partial charge in [-0.25, -0.2) is 0 Å². The molecular weight excluding hydrogens is 202 g/mol. The van der Waals surface area contributed by atoms with Crippen LogP contribution < -0.4 is 5.32 Å². The zero-order valence-electron chi connectivity index (χ0n) is 11.0. The fourth-order valence-electron chi connectivity index (χ4n) is 2.10. The molecule has 0 aromatic carbocycles. The van der Waals surface area contributed by atoms with Crippen molar-refractivity contribution in [1.29, 1.82) is 0 Å². The van der Waals surface area contributed by atoms with E-state index in [4.69, 9.17) is 4.74 Å². The van der Waals surface area contributed by atoms with Crippen molar-refractivity contribution in [2.24, 2.45) is 0 Å². The van der Waals surface area contributed by atoms with Crippen molar-refractivity contribution in [3.05, 3.63) is 0 Å². The molecule has 0 radical (unpaired) electrons. The predicted molar refractivity (Wildman–Crippen MR) is 66.6 cm³/mol. The molecule has 2 N–H and O–H groups in total. The molecule has 0 unspecified atom stereocenters. The zero-order valence-corrected chi connectivity index (χ0v) is 11.0. The average Bonchev–Trinajstić information content (AvgIpc) is 2.24. The Morgan fingerprint density at radius 1 is 1.25 bits per heavy atom. The van der Waals surface area contributed by atoms with Gasteiger partial charge in [-0.15, -0.1) is 0 Å². The first-order chi connectivity index (χ1) is 7.51. The van der Waals surface area contributed by atoms with E-state index >= 15 is 0 Å². The lowest BCUT2D eigenvalue weighted by atomic mass is 9.93. The Bertz CT molecular complexity index is 181. The maximum absolute atomic E-state index is 9.58. The van der Waals surface area contributed by atoms with Crippen molar-refractivity contribution < 1.29 is 9.84 Å². The fourth-order valence-corrected chi connectivity index (χ4v) is 2.10. The van der Waals surface area contributed by atoms with Gasteiger partial charge in [-0.1, -0.05) is 6.92 Å². The predicted octanol–water partition coefficient (Wildman–Crippen LogP) is 2.08. The highest BCUT2D eigenvalue weighted by Crippen LogP contribution is 2.22. The summed E-state index contributed by atoms with van der Waals surface area (Å²) in [5.41, 5.74) is -0.697. The minimum atomic E-state index is -0.697. The normalized spacial score (nSPS) is 27.0. The van der Waals surface area contributed by atoms with Crippen molar-refractivity contribution in [2.45, 2.75) is 70.6 Å². The van der Waals surface area contributed by atoms with Gasteiger partial charge in [-0.2, -0.15) is 0 Å². The van der Waals surface area contributed by atoms with E-state index in [0.29, 0.717) is 18.8 Å². The third-order valence-electron chi connectivity index (χ3n) is 3.03. The summed E-state index contributed by atoms with van der Waals surface area (Å²) >= 11 is 0. The molecule has 0 atom stereocenters. The van der Waals surface area contributed by atoms with Crippen LogP contribution in [0.3, 0.4) is 0 Å². The second kappa shape index (κ2) is 6.58. The summed E-state index contributed by atoms with van der Waals surface area (Å²) in [4.78, 5) is 0. The van der Waals surface area contributed by atoms with E-state index in [2.05, 4.69) is 12.2 Å². The number of nitrogens with one attached hydrogen (secondary N) is 1. The van der Waals surface area contributed by atoms with Crippen LogP contribution in [-0.4, -0.2) is 36.0 Å². The maximum atomic E-state index is 9.58. The van der Waals surface area contributed by atoms with Crippen LogP contribution in [0.2, 0.25) is 0 Å². The number of hydrogen-bond donors (Lipinski definition) is 2. The minimum absolute atomic E-state index is 0.353. The first kappa shape index (κ1) is 13.9. The fraction of sp³-hybridized carbons (Fsp3) is 1.00. The van der Waals surface area contributed by atoms with E-state index in [1.165, 1.54) is 19.3 Å². The van der Waals surface area contributed by atoms with E-state index < -0.39 is 5.60 Å². The highest BCUT2D eigenvalue weighted by Gasteiger charge is 2.23. The molecule has 3 heteroatoms. The number of rotatable bonds is 6. The van der Waals surface area contributed by atoms with E-state index in [1.807, 2.05) is 0 Å². The molecule has 0 saturated heterocycles. The molecule has 0 aromatic rings. The lowest BCUT2D eigenvalue weighted by Gasteiger charge is -2.30. The van der Waals surface area contributed by atoms with Gasteiger partial charge in [-0.05, 0) is 52.5 Å². The van der Waals surface area contributed by atoms with Gasteiger partial charge < -0.3 is 15.2 Å². The first-order valence-electron chi connectivity index (χ1n) is 6.58. The summed E-state index contributed by atoms with van der Waals surface area (Å²) in [6, 6.07) is 0.682. The Hall–Kier alpha value is -0.120. The highest BCUT2D eigenvalue weighted by atomic mass is 16.5. The van der Waals surface area contributed by atoms with Crippen molar-refractivity contribution in [2.75, 3.05) is 13.2 Å². The Morgan fingerprint density at radius 3 is 2.38 bits per heavy atom. The highest BCUT2D eigenvalue weighted by molar-refractivity contribution is 4.78. The van der Waals surface area contributed by atoms with Gasteiger partial charge in [0, 0.05) is 6.04 Å². The van der Waals surface area contributed by atoms with Crippen molar-refractivity contribution in [3.8, 4) is 0 Å². The lowest BCUT2D eigenvalue weighted by Crippen LogP contribution is -2.37. The molecule has 1 aliphatic carbocycles. The molecule has 0 aliphatic heterocycles. The van der Waals surface area contributed by atoms with Gasteiger partial charge in [0.15, 0.2) is 0 Å². The van der Waals surface area contributed by atoms with Crippen LogP contribution in [0.1, 0.15) is 52.9 Å². The van der Waals surface area contributed by atoms with Crippen molar-refractivity contribution >= 4 is 0 Å². The lowest BCUT2D eigenvalue weighted by molar-refractivity contribution is -0.0642. The molecule has 0 aromatic heterocycles. The number of aliphatic hydroxyl groups is 1. The van der Waals surface area contributed by atoms with Crippen LogP contribution in [0, 0.1) is 0 Å². The van der Waals surface area contributed by atoms with Crippen LogP contribution in [0.25, 0.3) is 0 Å². The molecule has 0 heterocycles. The second-order valence-corrected chi connectivity index (χ2v) is 5.55. The molecule has 1 fully saturated rings. The number of ether oxygens (including phenoxy) is 1. The Morgan fingerprint density at radius 2 is 1.88 bits per heavy atom. The molecule has 0 bridgehead atoms. The minimum Gasteiger partial charge on any atom is -0.388 e. The molecular formula is C13H27NO2. The standard InChI is InChI=1S/C13H27NO2/c1-4-9-14-11-5-7-12(8-6-11)16-10-13(2,3)15/h11-12,14-15H,4-10H2,1-3H3. The molecule has 0 spiro atoms. The molecule has 1 aliphatic rings. The first-order valence-corrected chi connectivity index (χ1v) is 6.58. The second-order valence-electron chi connectivity index (χ2n) is 5.55. The van der Waals surface area contributed by atoms with Gasteiger partial charge in [0.25, 0.3) is 0 Å². The van der Waals surface area contributed by atoms with E-state index in [1.54, 1.807) is 13.8 Å². The molecule has 96 valence electrons. The summed E-state index contributed by atoms with van der Waals surface area (Å²) in [7, 11) is 0. The molecule has 16 heavy (non-hydrogen) atoms. The average molecular weight is 229 g/mol. The van der Waals surface area contributed by atoms with Crippen LogP contribution in [0.15, 0.2) is 0 Å². The molecule has 1 saturated carbocycles. The summed E-state index contributed by atoms with van der Waals surface area (Å²) in [6.45, 7) is 7.36. The molecule has 0 amide bonds. The van der Waals surface area contributed by atoms with Gasteiger partial charge in [-0.3, -0.25) is 0 Å². The van der Waals surface area contributed by atoms with Crippen LogP contribution in [0.5, 0.6) is 0 Å². The van der Waals surface area contributed by atoms with E-state index in [-0.39, 0.29) is 0 Å². The third kappa shape index (κ3) is 5.83. The summed E-state index contributed by atoms with van der Waals surface area (Å²) in [5, 5.41) is 13.1. The zero-order chi connectivity index (χ0) is 12.0. The SMILES string of the molecule is CCCNC1CCC(OCC(C)(C)O)CC1. The van der Waals surface area contributed by atoms with Crippen LogP contribution >= 0.6 is 0 Å². The molecule has 3 nitrogen and oxygen atoms in total. The van der Waals surface area contributed by atoms with E-state index in [9.17, 15) is 5.11 Å². The van der Waals surface area contributed by atoms with Gasteiger partial charge in [0.05, 0.1) is 18.3 Å². The van der Waals surface area contributed by atoms with Crippen LogP contribution in [0.4, 0.5) is 0 Å². The third-order valence-corrected chi connectivity index (χ3v) is 3.03. The van der Waals surface area contributed by atoms with Gasteiger partial charge in [0.1, 0.15) is 0 Å².